The highest BCUT2D eigenvalue weighted by Crippen LogP contribution is 2.30. The first-order valence-electron chi connectivity index (χ1n) is 8.76. The van der Waals surface area contributed by atoms with Crippen molar-refractivity contribution in [3.8, 4) is 5.75 Å². The molecule has 7 heteroatoms. The van der Waals surface area contributed by atoms with Crippen molar-refractivity contribution in [3.05, 3.63) is 29.8 Å². The molecule has 0 aromatic heterocycles. The minimum absolute atomic E-state index is 0.273. The number of nitrogens with zero attached hydrogens (tertiary/aromatic N) is 2. The van der Waals surface area contributed by atoms with Gasteiger partial charge in [0.05, 0.1) is 7.11 Å². The van der Waals surface area contributed by atoms with Gasteiger partial charge in [-0.2, -0.15) is 0 Å². The highest BCUT2D eigenvalue weighted by Gasteiger charge is 2.42. The van der Waals surface area contributed by atoms with Gasteiger partial charge in [-0.1, -0.05) is 24.4 Å². The first kappa shape index (κ1) is 18.6. The van der Waals surface area contributed by atoms with Gasteiger partial charge in [0.2, 0.25) is 0 Å². The van der Waals surface area contributed by atoms with Crippen LogP contribution in [0.3, 0.4) is 0 Å². The average molecular weight is 375 g/mol. The number of rotatable bonds is 2. The summed E-state index contributed by atoms with van der Waals surface area (Å²) < 4.78 is 10.7. The lowest BCUT2D eigenvalue weighted by Crippen LogP contribution is -2.52. The number of aliphatic imine (C=N–C) groups is 1. The van der Waals surface area contributed by atoms with Crippen LogP contribution in [-0.4, -0.2) is 53.2 Å². The summed E-state index contributed by atoms with van der Waals surface area (Å²) in [6.45, 7) is 6.78. The molecule has 2 aliphatic rings. The van der Waals surface area contributed by atoms with E-state index < -0.39 is 11.3 Å². The number of ether oxygens (including phenoxy) is 2. The fourth-order valence-corrected chi connectivity index (χ4v) is 3.51. The predicted octanol–water partition coefficient (Wildman–Crippen LogP) is 3.14. The quantitative estimate of drug-likeness (QED) is 0.805. The van der Waals surface area contributed by atoms with E-state index in [0.29, 0.717) is 30.9 Å². The molecule has 1 fully saturated rings. The Kier molecular flexibility index (Phi) is 4.92. The van der Waals surface area contributed by atoms with E-state index in [4.69, 9.17) is 26.7 Å². The Hall–Kier alpha value is -2.15. The maximum atomic E-state index is 12.2. The zero-order chi connectivity index (χ0) is 18.9. The molecule has 2 aliphatic heterocycles. The molecule has 1 aromatic carbocycles. The van der Waals surface area contributed by atoms with Crippen molar-refractivity contribution in [3.63, 3.8) is 0 Å². The van der Waals surface area contributed by atoms with Crippen LogP contribution in [0.5, 0.6) is 5.75 Å². The lowest BCUT2D eigenvalue weighted by molar-refractivity contribution is 0.0165. The number of methoxy groups -OCH3 is 1. The molecule has 2 heterocycles. The Morgan fingerprint density at radius 3 is 2.62 bits per heavy atom. The van der Waals surface area contributed by atoms with Gasteiger partial charge in [-0.25, -0.2) is 4.79 Å². The van der Waals surface area contributed by atoms with Crippen LogP contribution >= 0.6 is 12.2 Å². The van der Waals surface area contributed by atoms with Crippen LogP contribution < -0.4 is 10.1 Å². The maximum Gasteiger partial charge on any atom is 0.410 e. The minimum Gasteiger partial charge on any atom is -0.497 e. The van der Waals surface area contributed by atoms with Gasteiger partial charge in [-0.05, 0) is 32.9 Å². The van der Waals surface area contributed by atoms with Gasteiger partial charge >= 0.3 is 6.09 Å². The molecule has 0 saturated carbocycles. The number of thiocarbonyl (C=S) groups is 1. The first-order chi connectivity index (χ1) is 12.2. The number of hydrogen-bond donors (Lipinski definition) is 1. The van der Waals surface area contributed by atoms with Crippen LogP contribution in [0, 0.1) is 0 Å². The van der Waals surface area contributed by atoms with Gasteiger partial charge in [0, 0.05) is 31.5 Å². The van der Waals surface area contributed by atoms with E-state index in [-0.39, 0.29) is 6.09 Å². The second kappa shape index (κ2) is 6.87. The highest BCUT2D eigenvalue weighted by molar-refractivity contribution is 7.82. The highest BCUT2D eigenvalue weighted by atomic mass is 32.1. The predicted molar refractivity (Wildman–Crippen MR) is 105 cm³/mol. The van der Waals surface area contributed by atoms with Crippen molar-refractivity contribution in [2.24, 2.45) is 4.99 Å². The Morgan fingerprint density at radius 2 is 2.00 bits per heavy atom. The van der Waals surface area contributed by atoms with E-state index in [1.54, 1.807) is 12.0 Å². The van der Waals surface area contributed by atoms with Crippen molar-refractivity contribution in [2.45, 2.75) is 44.9 Å². The van der Waals surface area contributed by atoms with E-state index in [0.717, 1.165) is 17.0 Å². The molecule has 1 aromatic rings. The van der Waals surface area contributed by atoms with Gasteiger partial charge in [0.15, 0.2) is 0 Å². The topological polar surface area (TPSA) is 63.2 Å². The second-order valence-electron chi connectivity index (χ2n) is 7.65. The third kappa shape index (κ3) is 3.98. The van der Waals surface area contributed by atoms with E-state index in [1.165, 1.54) is 0 Å². The smallest absolute Gasteiger partial charge is 0.410 e. The number of hydrogen-bond acceptors (Lipinski definition) is 5. The molecule has 0 atom stereocenters. The van der Waals surface area contributed by atoms with Gasteiger partial charge in [0.25, 0.3) is 0 Å². The van der Waals surface area contributed by atoms with Gasteiger partial charge in [0.1, 0.15) is 27.7 Å². The second-order valence-corrected chi connectivity index (χ2v) is 8.05. The van der Waals surface area contributed by atoms with Crippen LogP contribution in [0.2, 0.25) is 0 Å². The van der Waals surface area contributed by atoms with E-state index in [9.17, 15) is 4.79 Å². The molecule has 3 rings (SSSR count). The number of piperidine rings is 1. The van der Waals surface area contributed by atoms with E-state index in [2.05, 4.69) is 5.32 Å². The van der Waals surface area contributed by atoms with Crippen LogP contribution in [0.25, 0.3) is 0 Å². The Balaban J connectivity index is 1.72. The van der Waals surface area contributed by atoms with Crippen LogP contribution in [0.4, 0.5) is 4.79 Å². The van der Waals surface area contributed by atoms with Crippen LogP contribution in [-0.2, 0) is 4.74 Å². The molecule has 26 heavy (non-hydrogen) atoms. The largest absolute Gasteiger partial charge is 0.497 e. The summed E-state index contributed by atoms with van der Waals surface area (Å²) in [7, 11) is 1.64. The number of benzene rings is 1. The monoisotopic (exact) mass is 375 g/mol. The molecule has 1 amide bonds. The molecule has 140 valence electrons. The number of carbonyl (C=O) groups is 1. The lowest BCUT2D eigenvalue weighted by atomic mass is 9.98. The van der Waals surface area contributed by atoms with Gasteiger partial charge < -0.3 is 19.7 Å². The van der Waals surface area contributed by atoms with Crippen LogP contribution in [0.1, 0.15) is 39.2 Å². The summed E-state index contributed by atoms with van der Waals surface area (Å²) in [5.74, 6) is 0.772. The third-order valence-electron chi connectivity index (χ3n) is 4.47. The SMILES string of the molecule is COc1cccc(C2=NC3(CCN(C(=O)OC(C)(C)C)CC3)NC2=S)c1. The van der Waals surface area contributed by atoms with Gasteiger partial charge in [-0.3, -0.25) is 4.99 Å². The number of nitrogens with one attached hydrogen (secondary N) is 1. The molecule has 6 nitrogen and oxygen atoms in total. The zero-order valence-corrected chi connectivity index (χ0v) is 16.5. The Labute approximate surface area is 159 Å². The molecule has 0 unspecified atom stereocenters. The number of likely N-dealkylation sites (tertiary alicyclic amines) is 1. The third-order valence-corrected chi connectivity index (χ3v) is 4.77. The van der Waals surface area contributed by atoms with Crippen molar-refractivity contribution >= 4 is 29.0 Å². The van der Waals surface area contributed by atoms with Crippen molar-refractivity contribution in [1.29, 1.82) is 0 Å². The molecule has 0 bridgehead atoms. The standard InChI is InChI=1S/C19H25N3O3S/c1-18(2,3)25-17(23)22-10-8-19(9-11-22)20-15(16(26)21-19)13-6-5-7-14(12-13)24-4/h5-7,12H,8-11H2,1-4H3,(H,21,26). The fourth-order valence-electron chi connectivity index (χ4n) is 3.15. The maximum absolute atomic E-state index is 12.2. The fraction of sp³-hybridized carbons (Fsp3) is 0.526. The molecule has 0 aliphatic carbocycles. The van der Waals surface area contributed by atoms with Crippen LogP contribution in [0.15, 0.2) is 29.3 Å². The average Bonchev–Trinajstić information content (AvgIpc) is 2.90. The molecule has 0 radical (unpaired) electrons. The van der Waals surface area contributed by atoms with Crippen molar-refractivity contribution in [1.82, 2.24) is 10.2 Å². The Morgan fingerprint density at radius 1 is 1.31 bits per heavy atom. The van der Waals surface area contributed by atoms with E-state index >= 15 is 0 Å². The molecular weight excluding hydrogens is 350 g/mol. The number of amides is 1. The number of carbonyl (C=O) groups excluding carboxylic acids is 1. The first-order valence-corrected chi connectivity index (χ1v) is 9.17. The summed E-state index contributed by atoms with van der Waals surface area (Å²) in [5, 5.41) is 3.37. The summed E-state index contributed by atoms with van der Waals surface area (Å²) in [6.07, 6.45) is 1.12. The summed E-state index contributed by atoms with van der Waals surface area (Å²) >= 11 is 5.52. The van der Waals surface area contributed by atoms with Gasteiger partial charge in [-0.15, -0.1) is 0 Å². The molecule has 1 N–H and O–H groups in total. The lowest BCUT2D eigenvalue weighted by Gasteiger charge is -2.38. The summed E-state index contributed by atoms with van der Waals surface area (Å²) in [6, 6.07) is 7.73. The normalized spacial score (nSPS) is 19.2. The van der Waals surface area contributed by atoms with E-state index in [1.807, 2.05) is 45.0 Å². The van der Waals surface area contributed by atoms with Crippen molar-refractivity contribution < 1.29 is 14.3 Å². The Bertz CT molecular complexity index is 747. The minimum atomic E-state index is -0.489. The molecule has 1 spiro atoms. The van der Waals surface area contributed by atoms with Crippen molar-refractivity contribution in [2.75, 3.05) is 20.2 Å². The molecular formula is C19H25N3O3S. The summed E-state index contributed by atoms with van der Waals surface area (Å²) in [4.78, 5) is 19.5. The zero-order valence-electron chi connectivity index (χ0n) is 15.7. The summed E-state index contributed by atoms with van der Waals surface area (Å²) in [5.41, 5.74) is 0.795. The molecule has 1 saturated heterocycles.